The van der Waals surface area contributed by atoms with Crippen LogP contribution in [0.3, 0.4) is 0 Å². The number of rotatable bonds is 2. The summed E-state index contributed by atoms with van der Waals surface area (Å²) in [5.41, 5.74) is 1.37. The summed E-state index contributed by atoms with van der Waals surface area (Å²) in [6.07, 6.45) is -3.64. The maximum atomic E-state index is 12.7. The maximum absolute atomic E-state index is 12.7. The van der Waals surface area contributed by atoms with E-state index in [1.54, 1.807) is 6.07 Å². The first-order valence-electron chi connectivity index (χ1n) is 6.60. The van der Waals surface area contributed by atoms with E-state index in [9.17, 15) is 18.0 Å². The number of fused-ring (bicyclic) bond motifs is 1. The molecular formula is C14H14F3N3O. The van der Waals surface area contributed by atoms with Crippen LogP contribution in [0.2, 0.25) is 0 Å². The summed E-state index contributed by atoms with van der Waals surface area (Å²) in [5.74, 6) is 0. The highest BCUT2D eigenvalue weighted by molar-refractivity contribution is 5.26. The van der Waals surface area contributed by atoms with Crippen molar-refractivity contribution in [3.05, 3.63) is 57.0 Å². The number of hydrogen-bond acceptors (Lipinski definition) is 2. The maximum Gasteiger partial charge on any atom is 0.416 e. The van der Waals surface area contributed by atoms with Crippen molar-refractivity contribution >= 4 is 0 Å². The molecule has 0 atom stereocenters. The summed E-state index contributed by atoms with van der Waals surface area (Å²) < 4.78 is 38.1. The van der Waals surface area contributed by atoms with Gasteiger partial charge in [-0.15, -0.1) is 0 Å². The number of aromatic amines is 2. The Kier molecular flexibility index (Phi) is 3.36. The zero-order valence-electron chi connectivity index (χ0n) is 11.1. The molecule has 2 heterocycles. The molecule has 1 aromatic carbocycles. The lowest BCUT2D eigenvalue weighted by atomic mass is 10.1. The van der Waals surface area contributed by atoms with E-state index in [1.807, 2.05) is 4.90 Å². The van der Waals surface area contributed by atoms with Crippen molar-refractivity contribution in [1.29, 1.82) is 0 Å². The molecule has 0 bridgehead atoms. The van der Waals surface area contributed by atoms with Crippen LogP contribution in [0.25, 0.3) is 0 Å². The van der Waals surface area contributed by atoms with E-state index in [-0.39, 0.29) is 5.56 Å². The van der Waals surface area contributed by atoms with Crippen LogP contribution in [0.5, 0.6) is 0 Å². The minimum atomic E-state index is -4.33. The normalized spacial score (nSPS) is 16.0. The second-order valence-electron chi connectivity index (χ2n) is 5.20. The third-order valence-electron chi connectivity index (χ3n) is 3.69. The smallest absolute Gasteiger partial charge is 0.302 e. The Bertz CT molecular complexity index is 702. The van der Waals surface area contributed by atoms with Crippen molar-refractivity contribution < 1.29 is 13.2 Å². The van der Waals surface area contributed by atoms with Gasteiger partial charge in [-0.2, -0.15) is 13.2 Å². The zero-order chi connectivity index (χ0) is 15.0. The lowest BCUT2D eigenvalue weighted by molar-refractivity contribution is -0.137. The first kappa shape index (κ1) is 13.9. The summed E-state index contributed by atoms with van der Waals surface area (Å²) in [6, 6.07) is 5.31. The molecule has 2 aromatic rings. The molecule has 1 aliphatic rings. The van der Waals surface area contributed by atoms with Gasteiger partial charge >= 0.3 is 6.18 Å². The molecule has 0 saturated carbocycles. The van der Waals surface area contributed by atoms with Gasteiger partial charge < -0.3 is 5.10 Å². The molecule has 1 aliphatic heterocycles. The van der Waals surface area contributed by atoms with Gasteiger partial charge in [0, 0.05) is 31.7 Å². The Balaban J connectivity index is 1.76. The second kappa shape index (κ2) is 5.07. The number of nitrogens with zero attached hydrogens (tertiary/aromatic N) is 1. The van der Waals surface area contributed by atoms with Gasteiger partial charge in [0.2, 0.25) is 0 Å². The van der Waals surface area contributed by atoms with Crippen molar-refractivity contribution in [2.75, 3.05) is 6.54 Å². The number of alkyl halides is 3. The van der Waals surface area contributed by atoms with Gasteiger partial charge in [-0.05, 0) is 11.6 Å². The minimum Gasteiger partial charge on any atom is -0.302 e. The fraction of sp³-hybridized carbons (Fsp3) is 0.357. The Labute approximate surface area is 118 Å². The van der Waals surface area contributed by atoms with Crippen molar-refractivity contribution in [2.45, 2.75) is 25.7 Å². The van der Waals surface area contributed by atoms with Crippen LogP contribution in [0.1, 0.15) is 22.4 Å². The minimum absolute atomic E-state index is 0.154. The first-order chi connectivity index (χ1) is 9.93. The first-order valence-corrected chi connectivity index (χ1v) is 6.60. The third-order valence-corrected chi connectivity index (χ3v) is 3.69. The highest BCUT2D eigenvalue weighted by Gasteiger charge is 2.30. The van der Waals surface area contributed by atoms with E-state index in [4.69, 9.17) is 0 Å². The van der Waals surface area contributed by atoms with Crippen LogP contribution in [0, 0.1) is 0 Å². The molecule has 0 amide bonds. The van der Waals surface area contributed by atoms with Gasteiger partial charge in [0.05, 0.1) is 11.1 Å². The molecule has 0 radical (unpaired) electrons. The molecule has 1 aromatic heterocycles. The Morgan fingerprint density at radius 1 is 1.24 bits per heavy atom. The molecule has 0 fully saturated rings. The predicted molar refractivity (Wildman–Crippen MR) is 70.7 cm³/mol. The summed E-state index contributed by atoms with van der Waals surface area (Å²) in [4.78, 5) is 13.6. The van der Waals surface area contributed by atoms with E-state index in [0.29, 0.717) is 37.2 Å². The van der Waals surface area contributed by atoms with Crippen LogP contribution >= 0.6 is 0 Å². The third kappa shape index (κ3) is 2.87. The van der Waals surface area contributed by atoms with Crippen molar-refractivity contribution in [3.8, 4) is 0 Å². The zero-order valence-corrected chi connectivity index (χ0v) is 11.1. The quantitative estimate of drug-likeness (QED) is 0.893. The van der Waals surface area contributed by atoms with Gasteiger partial charge in [-0.1, -0.05) is 18.2 Å². The number of hydrogen-bond donors (Lipinski definition) is 2. The van der Waals surface area contributed by atoms with Gasteiger partial charge in [-0.3, -0.25) is 14.8 Å². The molecule has 0 unspecified atom stereocenters. The van der Waals surface area contributed by atoms with Crippen LogP contribution < -0.4 is 5.56 Å². The highest BCUT2D eigenvalue weighted by atomic mass is 19.4. The summed E-state index contributed by atoms with van der Waals surface area (Å²) in [7, 11) is 0. The van der Waals surface area contributed by atoms with Gasteiger partial charge in [0.25, 0.3) is 5.56 Å². The van der Waals surface area contributed by atoms with Gasteiger partial charge in [0.1, 0.15) is 0 Å². The molecule has 3 rings (SSSR count). The van der Waals surface area contributed by atoms with E-state index in [0.717, 1.165) is 17.8 Å². The van der Waals surface area contributed by atoms with Crippen LogP contribution in [-0.4, -0.2) is 21.6 Å². The molecule has 0 spiro atoms. The lowest BCUT2D eigenvalue weighted by Crippen LogP contribution is -2.32. The molecule has 7 heteroatoms. The number of aromatic nitrogens is 2. The van der Waals surface area contributed by atoms with Crippen molar-refractivity contribution in [3.63, 3.8) is 0 Å². The lowest BCUT2D eigenvalue weighted by Gasteiger charge is -2.26. The average Bonchev–Trinajstić information content (AvgIpc) is 2.80. The monoisotopic (exact) mass is 297 g/mol. The largest absolute Gasteiger partial charge is 0.416 e. The molecule has 0 aliphatic carbocycles. The Morgan fingerprint density at radius 3 is 2.81 bits per heavy atom. The Morgan fingerprint density at radius 2 is 2.05 bits per heavy atom. The summed E-state index contributed by atoms with van der Waals surface area (Å²) in [5, 5.41) is 5.36. The predicted octanol–water partition coefficient (Wildman–Crippen LogP) is 2.28. The molecule has 2 N–H and O–H groups in total. The SMILES string of the molecule is O=c1[nH][nH]c2c1CN(Cc1cccc(C(F)(F)F)c1)CC2. The van der Waals surface area contributed by atoms with Crippen LogP contribution in [0.4, 0.5) is 13.2 Å². The van der Waals surface area contributed by atoms with E-state index >= 15 is 0 Å². The van der Waals surface area contributed by atoms with Crippen molar-refractivity contribution in [1.82, 2.24) is 15.1 Å². The van der Waals surface area contributed by atoms with Crippen LogP contribution in [-0.2, 0) is 25.7 Å². The van der Waals surface area contributed by atoms with E-state index in [2.05, 4.69) is 10.2 Å². The van der Waals surface area contributed by atoms with Crippen molar-refractivity contribution in [2.24, 2.45) is 0 Å². The number of benzene rings is 1. The second-order valence-corrected chi connectivity index (χ2v) is 5.20. The Hall–Kier alpha value is -2.02. The van der Waals surface area contributed by atoms with Crippen LogP contribution in [0.15, 0.2) is 29.1 Å². The average molecular weight is 297 g/mol. The highest BCUT2D eigenvalue weighted by Crippen LogP contribution is 2.30. The molecule has 4 nitrogen and oxygen atoms in total. The number of nitrogens with one attached hydrogen (secondary N) is 2. The number of H-pyrrole nitrogens is 2. The molecule has 112 valence electrons. The molecular weight excluding hydrogens is 283 g/mol. The summed E-state index contributed by atoms with van der Waals surface area (Å²) in [6.45, 7) is 1.55. The fourth-order valence-corrected chi connectivity index (χ4v) is 2.61. The fourth-order valence-electron chi connectivity index (χ4n) is 2.61. The topological polar surface area (TPSA) is 51.9 Å². The molecule has 21 heavy (non-hydrogen) atoms. The molecule has 0 saturated heterocycles. The van der Waals surface area contributed by atoms with E-state index in [1.165, 1.54) is 6.07 Å². The number of halogens is 3. The summed E-state index contributed by atoms with van der Waals surface area (Å²) >= 11 is 0. The van der Waals surface area contributed by atoms with E-state index < -0.39 is 11.7 Å². The standard InChI is InChI=1S/C14H14F3N3O/c15-14(16,17)10-3-1-2-9(6-10)7-20-5-4-12-11(8-20)13(21)19-18-12/h1-3,6H,4-5,7-8H2,(H2,18,19,21). The van der Waals surface area contributed by atoms with Gasteiger partial charge in [-0.25, -0.2) is 0 Å². The van der Waals surface area contributed by atoms with Gasteiger partial charge in [0.15, 0.2) is 0 Å².